The van der Waals surface area contributed by atoms with Crippen molar-refractivity contribution in [1.29, 1.82) is 0 Å². The van der Waals surface area contributed by atoms with Gasteiger partial charge in [-0.3, -0.25) is 14.5 Å². The Hall–Kier alpha value is -3.29. The van der Waals surface area contributed by atoms with Crippen LogP contribution < -0.4 is 5.56 Å². The first kappa shape index (κ1) is 20.6. The Balaban J connectivity index is 1.50. The second-order valence-electron chi connectivity index (χ2n) is 7.85. The van der Waals surface area contributed by atoms with E-state index in [2.05, 4.69) is 33.2 Å². The largest absolute Gasteiger partial charge is 0.394 e. The third-order valence-electron chi connectivity index (χ3n) is 5.77. The lowest BCUT2D eigenvalue weighted by Gasteiger charge is -2.19. The SMILES string of the molecule is Cn1cc(C2=NCc3ccc(-c4ccn([C@H](CO)c5cccc(Br)c5)c(=O)c4)cc32)cn1. The molecule has 2 aromatic carbocycles. The zero-order chi connectivity index (χ0) is 22.2. The van der Waals surface area contributed by atoms with Crippen molar-refractivity contribution < 1.29 is 5.11 Å². The smallest absolute Gasteiger partial charge is 0.251 e. The number of nitrogens with zero attached hydrogens (tertiary/aromatic N) is 4. The van der Waals surface area contributed by atoms with Gasteiger partial charge in [0.05, 0.1) is 31.1 Å². The number of fused-ring (bicyclic) bond motifs is 1. The molecule has 4 aromatic rings. The Morgan fingerprint density at radius 1 is 1.09 bits per heavy atom. The van der Waals surface area contributed by atoms with Gasteiger partial charge in [-0.25, -0.2) is 0 Å². The van der Waals surface area contributed by atoms with E-state index in [4.69, 9.17) is 4.99 Å². The minimum atomic E-state index is -0.446. The van der Waals surface area contributed by atoms with Gasteiger partial charge in [0.25, 0.3) is 5.56 Å². The van der Waals surface area contributed by atoms with Crippen LogP contribution in [0, 0.1) is 0 Å². The molecule has 1 aliphatic rings. The van der Waals surface area contributed by atoms with E-state index in [1.165, 1.54) is 0 Å². The van der Waals surface area contributed by atoms with E-state index >= 15 is 0 Å². The third kappa shape index (κ3) is 3.74. The van der Waals surface area contributed by atoms with Crippen molar-refractivity contribution in [1.82, 2.24) is 14.3 Å². The first-order valence-electron chi connectivity index (χ1n) is 10.3. The first-order chi connectivity index (χ1) is 15.5. The Morgan fingerprint density at radius 2 is 1.94 bits per heavy atom. The zero-order valence-corrected chi connectivity index (χ0v) is 19.0. The number of aliphatic hydroxyl groups excluding tert-OH is 1. The lowest BCUT2D eigenvalue weighted by Crippen LogP contribution is -2.26. The average molecular weight is 489 g/mol. The fourth-order valence-corrected chi connectivity index (χ4v) is 4.57. The van der Waals surface area contributed by atoms with Crippen LogP contribution in [0.4, 0.5) is 0 Å². The summed E-state index contributed by atoms with van der Waals surface area (Å²) in [6.45, 7) is 0.478. The summed E-state index contributed by atoms with van der Waals surface area (Å²) in [5.74, 6) is 0. The molecule has 1 aliphatic heterocycles. The number of benzene rings is 2. The van der Waals surface area contributed by atoms with Gasteiger partial charge >= 0.3 is 0 Å². The summed E-state index contributed by atoms with van der Waals surface area (Å²) < 4.78 is 4.24. The van der Waals surface area contributed by atoms with Crippen molar-refractivity contribution in [3.63, 3.8) is 0 Å². The van der Waals surface area contributed by atoms with Crippen molar-refractivity contribution in [3.8, 4) is 11.1 Å². The summed E-state index contributed by atoms with van der Waals surface area (Å²) in [6, 6.07) is 16.9. The number of aromatic nitrogens is 3. The molecule has 0 bridgehead atoms. The number of halogens is 1. The quantitative estimate of drug-likeness (QED) is 0.462. The molecule has 0 unspecified atom stereocenters. The molecule has 0 saturated heterocycles. The second-order valence-corrected chi connectivity index (χ2v) is 8.77. The molecule has 0 radical (unpaired) electrons. The van der Waals surface area contributed by atoms with E-state index in [0.29, 0.717) is 6.54 Å². The monoisotopic (exact) mass is 488 g/mol. The van der Waals surface area contributed by atoms with Gasteiger partial charge in [0, 0.05) is 41.1 Å². The summed E-state index contributed by atoms with van der Waals surface area (Å²) >= 11 is 3.46. The summed E-state index contributed by atoms with van der Waals surface area (Å²) in [7, 11) is 1.89. The summed E-state index contributed by atoms with van der Waals surface area (Å²) in [6.07, 6.45) is 5.53. The topological polar surface area (TPSA) is 72.4 Å². The first-order valence-corrected chi connectivity index (χ1v) is 11.1. The molecule has 3 heterocycles. The van der Waals surface area contributed by atoms with Crippen LogP contribution in [0.2, 0.25) is 0 Å². The molecule has 160 valence electrons. The van der Waals surface area contributed by atoms with E-state index in [-0.39, 0.29) is 12.2 Å². The molecule has 0 fully saturated rings. The summed E-state index contributed by atoms with van der Waals surface area (Å²) in [4.78, 5) is 17.7. The third-order valence-corrected chi connectivity index (χ3v) is 6.27. The molecule has 0 aliphatic carbocycles. The van der Waals surface area contributed by atoms with Gasteiger partial charge in [0.15, 0.2) is 0 Å². The number of aliphatic imine (C=N–C) groups is 1. The van der Waals surface area contributed by atoms with Crippen molar-refractivity contribution in [3.05, 3.63) is 110 Å². The minimum absolute atomic E-state index is 0.164. The lowest BCUT2D eigenvalue weighted by atomic mass is 9.96. The normalized spacial score (nSPS) is 13.7. The fourth-order valence-electron chi connectivity index (χ4n) is 4.15. The number of aryl methyl sites for hydroxylation is 1. The van der Waals surface area contributed by atoms with Crippen molar-refractivity contribution in [2.75, 3.05) is 6.61 Å². The number of aliphatic hydroxyl groups is 1. The van der Waals surface area contributed by atoms with Gasteiger partial charge in [0.1, 0.15) is 0 Å². The van der Waals surface area contributed by atoms with Gasteiger partial charge in [0.2, 0.25) is 0 Å². The molecule has 2 aromatic heterocycles. The van der Waals surface area contributed by atoms with Crippen LogP contribution in [-0.2, 0) is 13.6 Å². The maximum absolute atomic E-state index is 13.0. The van der Waals surface area contributed by atoms with Gasteiger partial charge in [-0.05, 0) is 46.5 Å². The number of rotatable bonds is 5. The number of pyridine rings is 1. The van der Waals surface area contributed by atoms with Gasteiger partial charge < -0.3 is 9.67 Å². The molecule has 7 heteroatoms. The highest BCUT2D eigenvalue weighted by Crippen LogP contribution is 2.29. The minimum Gasteiger partial charge on any atom is -0.394 e. The average Bonchev–Trinajstić information content (AvgIpc) is 3.40. The van der Waals surface area contributed by atoms with Crippen molar-refractivity contribution in [2.24, 2.45) is 12.0 Å². The highest BCUT2D eigenvalue weighted by atomic mass is 79.9. The highest BCUT2D eigenvalue weighted by molar-refractivity contribution is 9.10. The Bertz CT molecular complexity index is 1400. The molecule has 1 atom stereocenters. The maximum atomic E-state index is 13.0. The van der Waals surface area contributed by atoms with E-state index in [9.17, 15) is 9.90 Å². The van der Waals surface area contributed by atoms with Crippen LogP contribution in [0.3, 0.4) is 0 Å². The van der Waals surface area contributed by atoms with Crippen LogP contribution in [-0.4, -0.2) is 31.8 Å². The van der Waals surface area contributed by atoms with E-state index in [1.54, 1.807) is 21.5 Å². The molecule has 0 amide bonds. The molecular weight excluding hydrogens is 468 g/mol. The van der Waals surface area contributed by atoms with Crippen LogP contribution >= 0.6 is 15.9 Å². The molecule has 0 saturated carbocycles. The predicted octanol–water partition coefficient (Wildman–Crippen LogP) is 3.94. The molecule has 6 nitrogen and oxygen atoms in total. The predicted molar refractivity (Wildman–Crippen MR) is 128 cm³/mol. The molecular formula is C25H21BrN4O2. The van der Waals surface area contributed by atoms with Gasteiger partial charge in [-0.2, -0.15) is 5.10 Å². The lowest BCUT2D eigenvalue weighted by molar-refractivity contribution is 0.247. The van der Waals surface area contributed by atoms with Crippen LogP contribution in [0.5, 0.6) is 0 Å². The Morgan fingerprint density at radius 3 is 2.66 bits per heavy atom. The van der Waals surface area contributed by atoms with E-state index < -0.39 is 6.04 Å². The standard InChI is InChI=1S/C25H21BrN4O2/c1-29-14-20(13-28-29)25-22-10-16(5-6-19(22)12-27-25)17-7-8-30(24(32)11-17)23(15-31)18-3-2-4-21(26)9-18/h2-11,13-14,23,31H,12,15H2,1H3/t23-/m1/s1. The summed E-state index contributed by atoms with van der Waals surface area (Å²) in [5, 5.41) is 14.2. The molecule has 5 rings (SSSR count). The van der Waals surface area contributed by atoms with E-state index in [1.807, 2.05) is 55.8 Å². The van der Waals surface area contributed by atoms with Crippen molar-refractivity contribution >= 4 is 21.6 Å². The van der Waals surface area contributed by atoms with Crippen molar-refractivity contribution in [2.45, 2.75) is 12.6 Å². The van der Waals surface area contributed by atoms with E-state index in [0.717, 1.165) is 43.6 Å². The molecule has 32 heavy (non-hydrogen) atoms. The number of hydrogen-bond acceptors (Lipinski definition) is 4. The zero-order valence-electron chi connectivity index (χ0n) is 17.4. The Kier molecular flexibility index (Phi) is 5.36. The number of hydrogen-bond donors (Lipinski definition) is 1. The maximum Gasteiger partial charge on any atom is 0.251 e. The van der Waals surface area contributed by atoms with Gasteiger partial charge in [-0.1, -0.05) is 40.2 Å². The second kappa shape index (κ2) is 8.33. The fraction of sp³-hybridized carbons (Fsp3) is 0.160. The van der Waals surface area contributed by atoms with Crippen LogP contribution in [0.15, 0.2) is 87.4 Å². The Labute approximate surface area is 193 Å². The van der Waals surface area contributed by atoms with Crippen LogP contribution in [0.1, 0.15) is 28.3 Å². The van der Waals surface area contributed by atoms with Gasteiger partial charge in [-0.15, -0.1) is 0 Å². The van der Waals surface area contributed by atoms with Crippen LogP contribution in [0.25, 0.3) is 11.1 Å². The molecule has 0 spiro atoms. The summed E-state index contributed by atoms with van der Waals surface area (Å²) in [5.41, 5.74) is 6.64. The highest BCUT2D eigenvalue weighted by Gasteiger charge is 2.20. The molecule has 1 N–H and O–H groups in total.